The van der Waals surface area contributed by atoms with Gasteiger partial charge in [0.15, 0.2) is 0 Å². The molecule has 0 aliphatic carbocycles. The van der Waals surface area contributed by atoms with Crippen LogP contribution in [-0.2, 0) is 0 Å². The summed E-state index contributed by atoms with van der Waals surface area (Å²) in [7, 11) is 0. The zero-order valence-corrected chi connectivity index (χ0v) is 16.8. The second-order valence-electron chi connectivity index (χ2n) is 7.05. The highest BCUT2D eigenvalue weighted by Crippen LogP contribution is 2.35. The minimum absolute atomic E-state index is 1.24. The summed E-state index contributed by atoms with van der Waals surface area (Å²) in [6.45, 7) is 0. The van der Waals surface area contributed by atoms with Crippen LogP contribution >= 0.6 is 11.3 Å². The van der Waals surface area contributed by atoms with Crippen molar-refractivity contribution in [3.8, 4) is 43.1 Å². The summed E-state index contributed by atoms with van der Waals surface area (Å²) in [4.78, 5) is 2.61. The van der Waals surface area contributed by atoms with Crippen LogP contribution in [0, 0.1) is 0 Å². The average Bonchev–Trinajstić information content (AvgIpc) is 3.31. The number of thiophene rings is 1. The molecule has 0 nitrogen and oxygen atoms in total. The van der Waals surface area contributed by atoms with E-state index >= 15 is 0 Å². The summed E-state index contributed by atoms with van der Waals surface area (Å²) in [5.74, 6) is 0. The molecule has 0 fully saturated rings. The average molecular weight is 389 g/mol. The first-order valence-electron chi connectivity index (χ1n) is 9.78. The first kappa shape index (κ1) is 17.7. The van der Waals surface area contributed by atoms with Gasteiger partial charge in [0, 0.05) is 9.75 Å². The van der Waals surface area contributed by atoms with E-state index in [1.54, 1.807) is 0 Å². The van der Waals surface area contributed by atoms with Gasteiger partial charge in [-0.05, 0) is 45.5 Å². The van der Waals surface area contributed by atoms with Crippen LogP contribution in [0.5, 0.6) is 0 Å². The third-order valence-corrected chi connectivity index (χ3v) is 6.34. The van der Waals surface area contributed by atoms with E-state index in [1.165, 1.54) is 43.1 Å². The van der Waals surface area contributed by atoms with E-state index in [4.69, 9.17) is 0 Å². The predicted molar refractivity (Wildman–Crippen MR) is 126 cm³/mol. The molecule has 29 heavy (non-hydrogen) atoms. The summed E-state index contributed by atoms with van der Waals surface area (Å²) < 4.78 is 0. The Morgan fingerprint density at radius 1 is 0.276 bits per heavy atom. The molecule has 0 atom stereocenters. The Bertz CT molecular complexity index is 1200. The van der Waals surface area contributed by atoms with E-state index in [0.29, 0.717) is 0 Å². The molecule has 0 unspecified atom stereocenters. The molecule has 0 aliphatic heterocycles. The minimum Gasteiger partial charge on any atom is -0.135 e. The van der Waals surface area contributed by atoms with Gasteiger partial charge >= 0.3 is 0 Å². The highest BCUT2D eigenvalue weighted by atomic mass is 32.1. The van der Waals surface area contributed by atoms with Crippen LogP contribution in [0.4, 0.5) is 0 Å². The van der Waals surface area contributed by atoms with Crippen molar-refractivity contribution in [2.24, 2.45) is 0 Å². The topological polar surface area (TPSA) is 0 Å². The van der Waals surface area contributed by atoms with Crippen LogP contribution in [0.3, 0.4) is 0 Å². The van der Waals surface area contributed by atoms with Crippen LogP contribution in [0.2, 0.25) is 0 Å². The summed E-state index contributed by atoms with van der Waals surface area (Å²) >= 11 is 1.84. The first-order valence-corrected chi connectivity index (χ1v) is 10.6. The lowest BCUT2D eigenvalue weighted by Crippen LogP contribution is -1.81. The summed E-state index contributed by atoms with van der Waals surface area (Å²) in [5.41, 5.74) is 7.53. The molecular formula is C28H20S. The molecule has 0 saturated carbocycles. The van der Waals surface area contributed by atoms with Crippen molar-refractivity contribution in [3.63, 3.8) is 0 Å². The summed E-state index contributed by atoms with van der Waals surface area (Å²) in [6, 6.07) is 43.2. The molecule has 0 aliphatic rings. The Hall–Kier alpha value is -3.42. The second-order valence-corrected chi connectivity index (χ2v) is 8.13. The number of hydrogen-bond acceptors (Lipinski definition) is 1. The lowest BCUT2D eigenvalue weighted by Gasteiger charge is -2.06. The number of benzene rings is 4. The monoisotopic (exact) mass is 388 g/mol. The number of rotatable bonds is 4. The Morgan fingerprint density at radius 2 is 0.586 bits per heavy atom. The van der Waals surface area contributed by atoms with E-state index in [9.17, 15) is 0 Å². The molecular weight excluding hydrogens is 368 g/mol. The quantitative estimate of drug-likeness (QED) is 0.290. The molecule has 0 radical (unpaired) electrons. The second kappa shape index (κ2) is 7.90. The normalized spacial score (nSPS) is 10.8. The van der Waals surface area contributed by atoms with Crippen LogP contribution < -0.4 is 0 Å². The van der Waals surface area contributed by atoms with Crippen LogP contribution in [0.25, 0.3) is 43.1 Å². The minimum atomic E-state index is 1.24. The molecule has 138 valence electrons. The van der Waals surface area contributed by atoms with Crippen molar-refractivity contribution in [1.82, 2.24) is 0 Å². The maximum atomic E-state index is 2.22. The van der Waals surface area contributed by atoms with Crippen LogP contribution in [0.15, 0.2) is 121 Å². The van der Waals surface area contributed by atoms with Crippen molar-refractivity contribution < 1.29 is 0 Å². The Labute approximate surface area is 175 Å². The van der Waals surface area contributed by atoms with Gasteiger partial charge in [0.2, 0.25) is 0 Å². The maximum absolute atomic E-state index is 2.22. The summed E-state index contributed by atoms with van der Waals surface area (Å²) in [6.07, 6.45) is 0. The zero-order chi connectivity index (χ0) is 19.5. The van der Waals surface area contributed by atoms with Crippen molar-refractivity contribution >= 4 is 11.3 Å². The van der Waals surface area contributed by atoms with Gasteiger partial charge in [-0.3, -0.25) is 0 Å². The fourth-order valence-corrected chi connectivity index (χ4v) is 4.58. The van der Waals surface area contributed by atoms with Crippen LogP contribution in [-0.4, -0.2) is 0 Å². The smallest absolute Gasteiger partial charge is 0.0349 e. The van der Waals surface area contributed by atoms with Gasteiger partial charge in [0.1, 0.15) is 0 Å². The van der Waals surface area contributed by atoms with Gasteiger partial charge in [-0.15, -0.1) is 11.3 Å². The Morgan fingerprint density at radius 3 is 1.03 bits per heavy atom. The molecule has 5 aromatic rings. The number of hydrogen-bond donors (Lipinski definition) is 0. The van der Waals surface area contributed by atoms with E-state index in [-0.39, 0.29) is 0 Å². The molecule has 1 heterocycles. The Kier molecular flexibility index (Phi) is 4.81. The largest absolute Gasteiger partial charge is 0.135 e. The third-order valence-electron chi connectivity index (χ3n) is 5.16. The van der Waals surface area contributed by atoms with Gasteiger partial charge in [-0.2, -0.15) is 0 Å². The molecule has 4 aromatic carbocycles. The zero-order valence-electron chi connectivity index (χ0n) is 16.0. The molecule has 5 rings (SSSR count). The lowest BCUT2D eigenvalue weighted by molar-refractivity contribution is 1.59. The third kappa shape index (κ3) is 3.78. The molecule has 1 aromatic heterocycles. The fourth-order valence-electron chi connectivity index (χ4n) is 3.56. The highest BCUT2D eigenvalue weighted by Gasteiger charge is 2.06. The SMILES string of the molecule is c1ccc(-c2ccc(-c3ccc(-c4ccc(-c5ccccc5)s4)cc3)cc2)cc1. The Balaban J connectivity index is 1.37. The van der Waals surface area contributed by atoms with E-state index in [1.807, 2.05) is 11.3 Å². The lowest BCUT2D eigenvalue weighted by atomic mass is 9.99. The van der Waals surface area contributed by atoms with Gasteiger partial charge in [-0.25, -0.2) is 0 Å². The molecule has 0 spiro atoms. The highest BCUT2D eigenvalue weighted by molar-refractivity contribution is 7.18. The van der Waals surface area contributed by atoms with Crippen molar-refractivity contribution in [1.29, 1.82) is 0 Å². The molecule has 0 saturated heterocycles. The van der Waals surface area contributed by atoms with Crippen molar-refractivity contribution in [3.05, 3.63) is 121 Å². The van der Waals surface area contributed by atoms with E-state index < -0.39 is 0 Å². The van der Waals surface area contributed by atoms with E-state index in [0.717, 1.165) is 0 Å². The molecule has 0 bridgehead atoms. The molecule has 0 amide bonds. The fraction of sp³-hybridized carbons (Fsp3) is 0. The predicted octanol–water partition coefficient (Wildman–Crippen LogP) is 8.42. The van der Waals surface area contributed by atoms with Gasteiger partial charge < -0.3 is 0 Å². The van der Waals surface area contributed by atoms with Gasteiger partial charge in [0.25, 0.3) is 0 Å². The van der Waals surface area contributed by atoms with Crippen LogP contribution in [0.1, 0.15) is 0 Å². The van der Waals surface area contributed by atoms with Crippen molar-refractivity contribution in [2.75, 3.05) is 0 Å². The van der Waals surface area contributed by atoms with Gasteiger partial charge in [0.05, 0.1) is 0 Å². The maximum Gasteiger partial charge on any atom is 0.0349 e. The van der Waals surface area contributed by atoms with E-state index in [2.05, 4.69) is 121 Å². The molecule has 1 heteroatoms. The first-order chi connectivity index (χ1) is 14.4. The van der Waals surface area contributed by atoms with Gasteiger partial charge in [-0.1, -0.05) is 109 Å². The molecule has 0 N–H and O–H groups in total. The van der Waals surface area contributed by atoms with Crippen molar-refractivity contribution in [2.45, 2.75) is 0 Å². The standard InChI is InChI=1S/C28H20S/c1-3-7-21(8-4-1)22-11-13-23(14-12-22)24-15-17-26(18-16-24)28-20-19-27(29-28)25-9-5-2-6-10-25/h1-20H. The summed E-state index contributed by atoms with van der Waals surface area (Å²) in [5, 5.41) is 0.